The van der Waals surface area contributed by atoms with Crippen LogP contribution < -0.4 is 0 Å². The van der Waals surface area contributed by atoms with Crippen molar-refractivity contribution in [2.75, 3.05) is 0 Å². The Bertz CT molecular complexity index is 255. The maximum absolute atomic E-state index is 10.7. The van der Waals surface area contributed by atoms with Gasteiger partial charge in [0.1, 0.15) is 12.3 Å². The van der Waals surface area contributed by atoms with Crippen LogP contribution in [-0.4, -0.2) is 23.3 Å². The van der Waals surface area contributed by atoms with Crippen LogP contribution in [0.15, 0.2) is 21.9 Å². The molecule has 12 heavy (non-hydrogen) atoms. The van der Waals surface area contributed by atoms with Crippen LogP contribution >= 0.6 is 22.6 Å². The van der Waals surface area contributed by atoms with Gasteiger partial charge in [0.25, 0.3) is 0 Å². The fraction of sp³-hybridized carbons (Fsp3) is 0.444. The Balaban J connectivity index is 2.14. The van der Waals surface area contributed by atoms with E-state index in [1.807, 2.05) is 12.3 Å². The van der Waals surface area contributed by atoms with E-state index in [9.17, 15) is 4.79 Å². The van der Waals surface area contributed by atoms with E-state index in [0.717, 1.165) is 9.87 Å². The van der Waals surface area contributed by atoms with Gasteiger partial charge >= 0.3 is 0 Å². The molecule has 1 aliphatic heterocycles. The zero-order valence-corrected chi connectivity index (χ0v) is 8.77. The molecule has 2 aliphatic rings. The van der Waals surface area contributed by atoms with Gasteiger partial charge in [0, 0.05) is 15.8 Å². The SMILES string of the molecule is O=CC1C=C(I)C=CN1C1CC1. The first-order valence-corrected chi connectivity index (χ1v) is 5.17. The van der Waals surface area contributed by atoms with Gasteiger partial charge in [0.2, 0.25) is 0 Å². The Morgan fingerprint density at radius 3 is 2.92 bits per heavy atom. The standard InChI is InChI=1S/C9H10INO/c10-7-3-4-11(8-1-2-8)9(5-7)6-12/h3-6,8-9H,1-2H2. The largest absolute Gasteiger partial charge is 0.361 e. The van der Waals surface area contributed by atoms with E-state index in [4.69, 9.17) is 0 Å². The van der Waals surface area contributed by atoms with Gasteiger partial charge in [-0.3, -0.25) is 0 Å². The number of nitrogens with zero attached hydrogens (tertiary/aromatic N) is 1. The lowest BCUT2D eigenvalue weighted by Crippen LogP contribution is -2.33. The van der Waals surface area contributed by atoms with Crippen molar-refractivity contribution in [1.29, 1.82) is 0 Å². The molecule has 0 spiro atoms. The number of halogens is 1. The molecular weight excluding hydrogens is 265 g/mol. The third kappa shape index (κ3) is 1.55. The highest BCUT2D eigenvalue weighted by Crippen LogP contribution is 2.31. The van der Waals surface area contributed by atoms with E-state index in [1.54, 1.807) is 0 Å². The molecule has 1 aliphatic carbocycles. The first-order valence-electron chi connectivity index (χ1n) is 4.09. The van der Waals surface area contributed by atoms with E-state index in [1.165, 1.54) is 12.8 Å². The second-order valence-corrected chi connectivity index (χ2v) is 4.42. The Morgan fingerprint density at radius 2 is 2.33 bits per heavy atom. The highest BCUT2D eigenvalue weighted by molar-refractivity contribution is 14.1. The van der Waals surface area contributed by atoms with E-state index in [0.29, 0.717) is 6.04 Å². The van der Waals surface area contributed by atoms with Crippen LogP contribution in [0.4, 0.5) is 0 Å². The van der Waals surface area contributed by atoms with Crippen molar-refractivity contribution < 1.29 is 4.79 Å². The molecular formula is C9H10INO. The molecule has 2 rings (SSSR count). The summed E-state index contributed by atoms with van der Waals surface area (Å²) in [6.45, 7) is 0. The van der Waals surface area contributed by atoms with Gasteiger partial charge in [-0.1, -0.05) is 0 Å². The number of carbonyl (C=O) groups excluding carboxylic acids is 1. The van der Waals surface area contributed by atoms with Crippen LogP contribution in [0.5, 0.6) is 0 Å². The summed E-state index contributed by atoms with van der Waals surface area (Å²) >= 11 is 2.24. The summed E-state index contributed by atoms with van der Waals surface area (Å²) in [7, 11) is 0. The maximum Gasteiger partial charge on any atom is 0.146 e. The van der Waals surface area contributed by atoms with Crippen LogP contribution in [0, 0.1) is 0 Å². The second-order valence-electron chi connectivity index (χ2n) is 3.17. The molecule has 0 amide bonds. The van der Waals surface area contributed by atoms with Gasteiger partial charge in [0.15, 0.2) is 0 Å². The molecule has 64 valence electrons. The molecule has 0 N–H and O–H groups in total. The van der Waals surface area contributed by atoms with Crippen molar-refractivity contribution in [3.05, 3.63) is 21.9 Å². The fourth-order valence-electron chi connectivity index (χ4n) is 1.41. The van der Waals surface area contributed by atoms with Gasteiger partial charge in [-0.15, -0.1) is 0 Å². The topological polar surface area (TPSA) is 20.3 Å². The second kappa shape index (κ2) is 3.20. The number of rotatable bonds is 2. The summed E-state index contributed by atoms with van der Waals surface area (Å²) in [4.78, 5) is 12.9. The predicted molar refractivity (Wildman–Crippen MR) is 56.0 cm³/mol. The lowest BCUT2D eigenvalue weighted by Gasteiger charge is -2.27. The molecule has 0 aromatic heterocycles. The zero-order chi connectivity index (χ0) is 8.55. The Kier molecular flexibility index (Phi) is 2.21. The molecule has 0 saturated heterocycles. The first kappa shape index (κ1) is 8.29. The van der Waals surface area contributed by atoms with Crippen molar-refractivity contribution in [3.8, 4) is 0 Å². The zero-order valence-electron chi connectivity index (χ0n) is 6.61. The van der Waals surface area contributed by atoms with Crippen LogP contribution in [0.1, 0.15) is 12.8 Å². The Morgan fingerprint density at radius 1 is 1.58 bits per heavy atom. The molecule has 1 atom stereocenters. The molecule has 0 radical (unpaired) electrons. The summed E-state index contributed by atoms with van der Waals surface area (Å²) in [6.07, 6.45) is 9.59. The molecule has 2 nitrogen and oxygen atoms in total. The van der Waals surface area contributed by atoms with Crippen molar-refractivity contribution in [2.45, 2.75) is 24.9 Å². The highest BCUT2D eigenvalue weighted by Gasteiger charge is 2.31. The minimum absolute atomic E-state index is 0.0191. The normalized spacial score (nSPS) is 28.6. The summed E-state index contributed by atoms with van der Waals surface area (Å²) in [5.41, 5.74) is 0. The summed E-state index contributed by atoms with van der Waals surface area (Å²) in [5, 5.41) is 0. The van der Waals surface area contributed by atoms with Gasteiger partial charge < -0.3 is 9.69 Å². The third-order valence-corrected chi connectivity index (χ3v) is 2.91. The Labute approximate surface area is 85.5 Å². The summed E-state index contributed by atoms with van der Waals surface area (Å²) < 4.78 is 1.15. The Hall–Kier alpha value is -0.320. The van der Waals surface area contributed by atoms with E-state index < -0.39 is 0 Å². The number of aldehydes is 1. The van der Waals surface area contributed by atoms with E-state index in [-0.39, 0.29) is 6.04 Å². The van der Waals surface area contributed by atoms with Gasteiger partial charge in [-0.05, 0) is 47.6 Å². The van der Waals surface area contributed by atoms with Crippen LogP contribution in [0.25, 0.3) is 0 Å². The monoisotopic (exact) mass is 275 g/mol. The lowest BCUT2D eigenvalue weighted by molar-refractivity contribution is -0.110. The molecule has 1 fully saturated rings. The minimum Gasteiger partial charge on any atom is -0.361 e. The fourth-order valence-corrected chi connectivity index (χ4v) is 1.94. The third-order valence-electron chi connectivity index (χ3n) is 2.19. The lowest BCUT2D eigenvalue weighted by atomic mass is 10.2. The maximum atomic E-state index is 10.7. The van der Waals surface area contributed by atoms with Crippen molar-refractivity contribution in [1.82, 2.24) is 4.90 Å². The number of hydrogen-bond donors (Lipinski definition) is 0. The number of hydrogen-bond acceptors (Lipinski definition) is 2. The molecule has 0 bridgehead atoms. The summed E-state index contributed by atoms with van der Waals surface area (Å²) in [6, 6.07) is 0.603. The average molecular weight is 275 g/mol. The predicted octanol–water partition coefficient (Wildman–Crippen LogP) is 1.86. The quantitative estimate of drug-likeness (QED) is 0.566. The summed E-state index contributed by atoms with van der Waals surface area (Å²) in [5.74, 6) is 0. The molecule has 1 saturated carbocycles. The van der Waals surface area contributed by atoms with Gasteiger partial charge in [0.05, 0.1) is 0 Å². The number of carbonyl (C=O) groups is 1. The van der Waals surface area contributed by atoms with E-state index >= 15 is 0 Å². The van der Waals surface area contributed by atoms with Crippen molar-refractivity contribution in [3.63, 3.8) is 0 Å². The molecule has 0 aromatic carbocycles. The molecule has 1 heterocycles. The number of allylic oxidation sites excluding steroid dienone is 2. The average Bonchev–Trinajstić information content (AvgIpc) is 2.87. The highest BCUT2D eigenvalue weighted by atomic mass is 127. The van der Waals surface area contributed by atoms with Crippen LogP contribution in [0.2, 0.25) is 0 Å². The van der Waals surface area contributed by atoms with Crippen molar-refractivity contribution in [2.24, 2.45) is 0 Å². The van der Waals surface area contributed by atoms with E-state index in [2.05, 4.69) is 33.6 Å². The van der Waals surface area contributed by atoms with Crippen LogP contribution in [0.3, 0.4) is 0 Å². The minimum atomic E-state index is -0.0191. The van der Waals surface area contributed by atoms with Gasteiger partial charge in [-0.2, -0.15) is 0 Å². The molecule has 1 unspecified atom stereocenters. The smallest absolute Gasteiger partial charge is 0.146 e. The van der Waals surface area contributed by atoms with Crippen molar-refractivity contribution >= 4 is 28.9 Å². The molecule has 3 heteroatoms. The first-order chi connectivity index (χ1) is 5.81. The van der Waals surface area contributed by atoms with Crippen LogP contribution in [-0.2, 0) is 4.79 Å². The molecule has 0 aromatic rings. The van der Waals surface area contributed by atoms with Gasteiger partial charge in [-0.25, -0.2) is 0 Å².